The van der Waals surface area contributed by atoms with E-state index in [0.29, 0.717) is 6.04 Å². The van der Waals surface area contributed by atoms with Gasteiger partial charge < -0.3 is 10.6 Å². The van der Waals surface area contributed by atoms with Crippen LogP contribution in [0.4, 0.5) is 0 Å². The van der Waals surface area contributed by atoms with E-state index >= 15 is 0 Å². The fraction of sp³-hybridized carbons (Fsp3) is 0.750. The summed E-state index contributed by atoms with van der Waals surface area (Å²) in [5, 5.41) is 2.17. The first-order chi connectivity index (χ1) is 9.20. The van der Waals surface area contributed by atoms with E-state index in [0.717, 1.165) is 18.4 Å². The lowest BCUT2D eigenvalue weighted by Gasteiger charge is -2.35. The van der Waals surface area contributed by atoms with Gasteiger partial charge in [0.15, 0.2) is 0 Å². The number of thiophene rings is 1. The molecule has 0 bridgehead atoms. The molecular formula is C16H28N2S. The van der Waals surface area contributed by atoms with Crippen LogP contribution in [0.15, 0.2) is 17.5 Å². The lowest BCUT2D eigenvalue weighted by molar-refractivity contribution is 0.148. The Morgan fingerprint density at radius 2 is 2.11 bits per heavy atom. The van der Waals surface area contributed by atoms with Crippen molar-refractivity contribution in [2.24, 2.45) is 17.6 Å². The Kier molecular flexibility index (Phi) is 5.86. The first-order valence-electron chi connectivity index (χ1n) is 7.63. The second-order valence-corrected chi connectivity index (χ2v) is 7.14. The molecule has 3 heteroatoms. The third-order valence-electron chi connectivity index (χ3n) is 4.72. The molecule has 0 spiro atoms. The zero-order valence-corrected chi connectivity index (χ0v) is 13.2. The summed E-state index contributed by atoms with van der Waals surface area (Å²) in [7, 11) is 2.28. The van der Waals surface area contributed by atoms with E-state index in [1.54, 1.807) is 0 Å². The highest BCUT2D eigenvalue weighted by atomic mass is 32.1. The van der Waals surface area contributed by atoms with Crippen LogP contribution in [-0.2, 0) is 6.42 Å². The van der Waals surface area contributed by atoms with Gasteiger partial charge in [-0.05, 0) is 63.1 Å². The number of likely N-dealkylation sites (N-methyl/N-ethyl adjacent to an activating group) is 1. The number of hydrogen-bond donors (Lipinski definition) is 1. The topological polar surface area (TPSA) is 29.3 Å². The molecule has 0 aromatic carbocycles. The van der Waals surface area contributed by atoms with Crippen molar-refractivity contribution in [2.75, 3.05) is 20.1 Å². The normalized spacial score (nSPS) is 25.7. The Balaban J connectivity index is 1.83. The molecule has 2 N–H and O–H groups in total. The molecule has 0 saturated heterocycles. The quantitative estimate of drug-likeness (QED) is 0.865. The van der Waals surface area contributed by atoms with E-state index in [2.05, 4.69) is 36.4 Å². The maximum absolute atomic E-state index is 5.94. The third-order valence-corrected chi connectivity index (χ3v) is 5.62. The molecule has 1 heterocycles. The van der Waals surface area contributed by atoms with Crippen molar-refractivity contribution in [1.29, 1.82) is 0 Å². The van der Waals surface area contributed by atoms with Crippen LogP contribution in [0, 0.1) is 11.8 Å². The monoisotopic (exact) mass is 280 g/mol. The van der Waals surface area contributed by atoms with Gasteiger partial charge in [-0.3, -0.25) is 0 Å². The van der Waals surface area contributed by atoms with Crippen LogP contribution in [-0.4, -0.2) is 31.1 Å². The molecule has 19 heavy (non-hydrogen) atoms. The van der Waals surface area contributed by atoms with Gasteiger partial charge in [-0.25, -0.2) is 0 Å². The summed E-state index contributed by atoms with van der Waals surface area (Å²) in [6, 6.07) is 5.02. The van der Waals surface area contributed by atoms with E-state index in [4.69, 9.17) is 5.73 Å². The summed E-state index contributed by atoms with van der Waals surface area (Å²) in [4.78, 5) is 4.04. The van der Waals surface area contributed by atoms with Gasteiger partial charge in [0.2, 0.25) is 0 Å². The van der Waals surface area contributed by atoms with E-state index < -0.39 is 0 Å². The Hall–Kier alpha value is -0.380. The van der Waals surface area contributed by atoms with Crippen LogP contribution in [0.2, 0.25) is 0 Å². The van der Waals surface area contributed by atoms with Crippen molar-refractivity contribution in [3.63, 3.8) is 0 Å². The number of hydrogen-bond acceptors (Lipinski definition) is 3. The molecule has 2 nitrogen and oxygen atoms in total. The number of nitrogens with zero attached hydrogens (tertiary/aromatic N) is 1. The van der Waals surface area contributed by atoms with Crippen molar-refractivity contribution in [3.05, 3.63) is 22.4 Å². The SMILES string of the molecule is CC(Cc1cccs1)N(C)CC1CCCCC1CN. The summed E-state index contributed by atoms with van der Waals surface area (Å²) in [5.74, 6) is 1.57. The van der Waals surface area contributed by atoms with Crippen molar-refractivity contribution in [1.82, 2.24) is 4.90 Å². The van der Waals surface area contributed by atoms with Gasteiger partial charge >= 0.3 is 0 Å². The van der Waals surface area contributed by atoms with E-state index in [-0.39, 0.29) is 0 Å². The fourth-order valence-corrected chi connectivity index (χ4v) is 4.09. The molecule has 1 aromatic rings. The zero-order valence-electron chi connectivity index (χ0n) is 12.3. The average Bonchev–Trinajstić information content (AvgIpc) is 2.92. The predicted octanol–water partition coefficient (Wildman–Crippen LogP) is 3.38. The molecule has 0 radical (unpaired) electrons. The highest BCUT2D eigenvalue weighted by Gasteiger charge is 2.26. The van der Waals surface area contributed by atoms with Gasteiger partial charge in [0, 0.05) is 17.5 Å². The van der Waals surface area contributed by atoms with Gasteiger partial charge in [-0.15, -0.1) is 11.3 Å². The van der Waals surface area contributed by atoms with Gasteiger partial charge in [0.1, 0.15) is 0 Å². The van der Waals surface area contributed by atoms with Gasteiger partial charge in [0.05, 0.1) is 0 Å². The summed E-state index contributed by atoms with van der Waals surface area (Å²) in [6.45, 7) is 4.44. The summed E-state index contributed by atoms with van der Waals surface area (Å²) in [6.07, 6.45) is 6.67. The fourth-order valence-electron chi connectivity index (χ4n) is 3.26. The molecule has 0 amide bonds. The third kappa shape index (κ3) is 4.30. The van der Waals surface area contributed by atoms with Crippen molar-refractivity contribution >= 4 is 11.3 Å². The smallest absolute Gasteiger partial charge is 0.0112 e. The van der Waals surface area contributed by atoms with Crippen LogP contribution < -0.4 is 5.73 Å². The van der Waals surface area contributed by atoms with Crippen molar-refractivity contribution < 1.29 is 0 Å². The van der Waals surface area contributed by atoms with E-state index in [1.807, 2.05) is 11.3 Å². The molecule has 1 aliphatic carbocycles. The molecule has 0 aliphatic heterocycles. The minimum Gasteiger partial charge on any atom is -0.330 e. The molecular weight excluding hydrogens is 252 g/mol. The first-order valence-corrected chi connectivity index (χ1v) is 8.51. The molecule has 3 unspecified atom stereocenters. The zero-order chi connectivity index (χ0) is 13.7. The Morgan fingerprint density at radius 1 is 1.37 bits per heavy atom. The lowest BCUT2D eigenvalue weighted by atomic mass is 9.79. The molecule has 2 rings (SSSR count). The molecule has 1 aliphatic rings. The Labute approximate surface area is 122 Å². The van der Waals surface area contributed by atoms with Crippen LogP contribution in [0.1, 0.15) is 37.5 Å². The summed E-state index contributed by atoms with van der Waals surface area (Å²) < 4.78 is 0. The van der Waals surface area contributed by atoms with E-state index in [9.17, 15) is 0 Å². The molecule has 1 fully saturated rings. The Morgan fingerprint density at radius 3 is 2.74 bits per heavy atom. The number of rotatable bonds is 6. The maximum Gasteiger partial charge on any atom is 0.0112 e. The van der Waals surface area contributed by atoms with Gasteiger partial charge in [0.25, 0.3) is 0 Å². The van der Waals surface area contributed by atoms with Crippen LogP contribution in [0.25, 0.3) is 0 Å². The predicted molar refractivity (Wildman–Crippen MR) is 84.6 cm³/mol. The minimum absolute atomic E-state index is 0.624. The lowest BCUT2D eigenvalue weighted by Crippen LogP contribution is -2.39. The maximum atomic E-state index is 5.94. The van der Waals surface area contributed by atoms with Crippen molar-refractivity contribution in [3.8, 4) is 0 Å². The van der Waals surface area contributed by atoms with E-state index in [1.165, 1.54) is 43.5 Å². The molecule has 108 valence electrons. The summed E-state index contributed by atoms with van der Waals surface area (Å²) >= 11 is 1.87. The highest BCUT2D eigenvalue weighted by Crippen LogP contribution is 2.30. The first kappa shape index (κ1) is 15.0. The number of nitrogens with two attached hydrogens (primary N) is 1. The minimum atomic E-state index is 0.624. The van der Waals surface area contributed by atoms with Crippen LogP contribution >= 0.6 is 11.3 Å². The average molecular weight is 280 g/mol. The van der Waals surface area contributed by atoms with Gasteiger partial charge in [-0.2, -0.15) is 0 Å². The standard InChI is InChI=1S/C16H28N2S/c1-13(10-16-8-5-9-19-16)18(2)12-15-7-4-3-6-14(15)11-17/h5,8-9,13-15H,3-4,6-7,10-12,17H2,1-2H3. The molecule has 3 atom stereocenters. The molecule has 1 saturated carbocycles. The largest absolute Gasteiger partial charge is 0.330 e. The highest BCUT2D eigenvalue weighted by molar-refractivity contribution is 7.09. The van der Waals surface area contributed by atoms with Crippen LogP contribution in [0.5, 0.6) is 0 Å². The van der Waals surface area contributed by atoms with Crippen molar-refractivity contribution in [2.45, 2.75) is 45.1 Å². The summed E-state index contributed by atoms with van der Waals surface area (Å²) in [5.41, 5.74) is 5.94. The second kappa shape index (κ2) is 7.41. The second-order valence-electron chi connectivity index (χ2n) is 6.11. The molecule has 1 aromatic heterocycles. The van der Waals surface area contributed by atoms with Crippen LogP contribution in [0.3, 0.4) is 0 Å². The Bertz CT molecular complexity index is 350. The van der Waals surface area contributed by atoms with Gasteiger partial charge in [-0.1, -0.05) is 18.9 Å².